The highest BCUT2D eigenvalue weighted by Gasteiger charge is 2.33. The van der Waals surface area contributed by atoms with Crippen LogP contribution < -0.4 is 10.2 Å². The van der Waals surface area contributed by atoms with Crippen molar-refractivity contribution in [1.82, 2.24) is 4.98 Å². The minimum Gasteiger partial charge on any atom is -0.355 e. The van der Waals surface area contributed by atoms with Gasteiger partial charge in [0.25, 0.3) is 0 Å². The zero-order valence-corrected chi connectivity index (χ0v) is 16.5. The minimum absolute atomic E-state index is 0.0488. The van der Waals surface area contributed by atoms with E-state index in [0.717, 1.165) is 17.8 Å². The molecule has 1 aliphatic heterocycles. The molecule has 0 radical (unpaired) electrons. The topological polar surface area (TPSA) is 45.2 Å². The first-order valence-electron chi connectivity index (χ1n) is 8.70. The number of hydrogen-bond donors (Lipinski definition) is 1. The Bertz CT molecular complexity index is 881. The molecule has 1 N–H and O–H groups in total. The summed E-state index contributed by atoms with van der Waals surface area (Å²) in [4.78, 5) is 18.2. The van der Waals surface area contributed by atoms with Gasteiger partial charge >= 0.3 is 6.18 Å². The number of carbonyl (C=O) groups is 1. The van der Waals surface area contributed by atoms with E-state index in [1.165, 1.54) is 0 Å². The van der Waals surface area contributed by atoms with Crippen LogP contribution in [-0.2, 0) is 11.0 Å². The summed E-state index contributed by atoms with van der Waals surface area (Å²) in [7, 11) is 0. The van der Waals surface area contributed by atoms with Crippen molar-refractivity contribution < 1.29 is 18.0 Å². The standard InChI is InChI=1S/C19H18Cl2F3N3O/c1-11-2-3-14(20)9-16(11)26-18(28)12-4-6-27(7-5-12)17-15(21)8-13(10-25-17)19(22,23)24/h2-3,8-10,12H,4-7H2,1H3,(H,26,28). The summed E-state index contributed by atoms with van der Waals surface area (Å²) < 4.78 is 38.2. The number of piperidine rings is 1. The van der Waals surface area contributed by atoms with E-state index in [-0.39, 0.29) is 16.8 Å². The molecule has 0 spiro atoms. The molecule has 0 saturated carbocycles. The summed E-state index contributed by atoms with van der Waals surface area (Å²) >= 11 is 12.0. The fraction of sp³-hybridized carbons (Fsp3) is 0.368. The van der Waals surface area contributed by atoms with E-state index in [4.69, 9.17) is 23.2 Å². The first-order chi connectivity index (χ1) is 13.1. The molecule has 9 heteroatoms. The molecule has 0 aliphatic carbocycles. The number of benzene rings is 1. The van der Waals surface area contributed by atoms with E-state index in [9.17, 15) is 18.0 Å². The van der Waals surface area contributed by atoms with Crippen molar-refractivity contribution >= 4 is 40.6 Å². The van der Waals surface area contributed by atoms with Crippen LogP contribution >= 0.6 is 23.2 Å². The van der Waals surface area contributed by atoms with Crippen LogP contribution in [0.15, 0.2) is 30.5 Å². The molecule has 2 heterocycles. The number of anilines is 2. The van der Waals surface area contributed by atoms with Crippen LogP contribution in [0.1, 0.15) is 24.0 Å². The van der Waals surface area contributed by atoms with Gasteiger partial charge in [-0.15, -0.1) is 0 Å². The third kappa shape index (κ3) is 4.70. The molecule has 4 nitrogen and oxygen atoms in total. The summed E-state index contributed by atoms with van der Waals surface area (Å²) in [6.45, 7) is 2.84. The lowest BCUT2D eigenvalue weighted by Crippen LogP contribution is -2.38. The summed E-state index contributed by atoms with van der Waals surface area (Å²) in [6.07, 6.45) is -2.62. The highest BCUT2D eigenvalue weighted by Crippen LogP contribution is 2.34. The van der Waals surface area contributed by atoms with Crippen LogP contribution in [0.4, 0.5) is 24.7 Å². The van der Waals surface area contributed by atoms with E-state index in [1.54, 1.807) is 17.0 Å². The van der Waals surface area contributed by atoms with Crippen LogP contribution in [0, 0.1) is 12.8 Å². The molecule has 1 amide bonds. The highest BCUT2D eigenvalue weighted by atomic mass is 35.5. The molecule has 3 rings (SSSR count). The number of amides is 1. The zero-order chi connectivity index (χ0) is 20.5. The van der Waals surface area contributed by atoms with Crippen LogP contribution in [0.3, 0.4) is 0 Å². The number of halogens is 5. The maximum Gasteiger partial charge on any atom is 0.417 e. The second-order valence-electron chi connectivity index (χ2n) is 6.74. The Hall–Kier alpha value is -1.99. The van der Waals surface area contributed by atoms with Gasteiger partial charge in [0, 0.05) is 35.9 Å². The van der Waals surface area contributed by atoms with E-state index < -0.39 is 11.7 Å². The fourth-order valence-corrected chi connectivity index (χ4v) is 3.59. The van der Waals surface area contributed by atoms with Gasteiger partial charge in [0.05, 0.1) is 10.6 Å². The Morgan fingerprint density at radius 2 is 1.89 bits per heavy atom. The van der Waals surface area contributed by atoms with E-state index in [0.29, 0.717) is 42.5 Å². The Morgan fingerprint density at radius 3 is 2.50 bits per heavy atom. The minimum atomic E-state index is -4.49. The molecule has 1 aliphatic rings. The van der Waals surface area contributed by atoms with Gasteiger partial charge in [-0.1, -0.05) is 29.3 Å². The quantitative estimate of drug-likeness (QED) is 0.690. The smallest absolute Gasteiger partial charge is 0.355 e. The average Bonchev–Trinajstić information content (AvgIpc) is 2.64. The van der Waals surface area contributed by atoms with Crippen molar-refractivity contribution in [2.75, 3.05) is 23.3 Å². The number of pyridine rings is 1. The van der Waals surface area contributed by atoms with Gasteiger partial charge in [0.1, 0.15) is 5.82 Å². The molecule has 1 aromatic carbocycles. The van der Waals surface area contributed by atoms with Crippen molar-refractivity contribution in [3.8, 4) is 0 Å². The first-order valence-corrected chi connectivity index (χ1v) is 9.45. The predicted octanol–water partition coefficient (Wildman–Crippen LogP) is 5.57. The number of rotatable bonds is 3. The van der Waals surface area contributed by atoms with Gasteiger partial charge in [0.2, 0.25) is 5.91 Å². The van der Waals surface area contributed by atoms with E-state index >= 15 is 0 Å². The Balaban J connectivity index is 1.63. The lowest BCUT2D eigenvalue weighted by atomic mass is 9.95. The number of nitrogens with one attached hydrogen (secondary N) is 1. The Morgan fingerprint density at radius 1 is 1.21 bits per heavy atom. The van der Waals surface area contributed by atoms with Gasteiger partial charge in [-0.2, -0.15) is 13.2 Å². The molecule has 1 saturated heterocycles. The van der Waals surface area contributed by atoms with Gasteiger partial charge in [0.15, 0.2) is 0 Å². The molecule has 150 valence electrons. The SMILES string of the molecule is Cc1ccc(Cl)cc1NC(=O)C1CCN(c2ncc(C(F)(F)F)cc2Cl)CC1. The van der Waals surface area contributed by atoms with Crippen LogP contribution in [0.2, 0.25) is 10.0 Å². The second kappa shape index (κ2) is 8.17. The van der Waals surface area contributed by atoms with Crippen molar-refractivity contribution in [2.45, 2.75) is 25.9 Å². The number of carbonyl (C=O) groups excluding carboxylic acids is 1. The summed E-state index contributed by atoms with van der Waals surface area (Å²) in [5.41, 5.74) is 0.704. The lowest BCUT2D eigenvalue weighted by molar-refractivity contribution is -0.137. The maximum absolute atomic E-state index is 12.7. The summed E-state index contributed by atoms with van der Waals surface area (Å²) in [5.74, 6) is -0.00134. The second-order valence-corrected chi connectivity index (χ2v) is 7.58. The first kappa shape index (κ1) is 20.7. The third-order valence-electron chi connectivity index (χ3n) is 4.77. The highest BCUT2D eigenvalue weighted by molar-refractivity contribution is 6.33. The Kier molecular flexibility index (Phi) is 6.05. The van der Waals surface area contributed by atoms with Gasteiger partial charge in [-0.25, -0.2) is 4.98 Å². The number of alkyl halides is 3. The monoisotopic (exact) mass is 431 g/mol. The molecule has 0 atom stereocenters. The fourth-order valence-electron chi connectivity index (χ4n) is 3.14. The third-order valence-corrected chi connectivity index (χ3v) is 5.29. The normalized spacial score (nSPS) is 15.6. The molecule has 2 aromatic rings. The van der Waals surface area contributed by atoms with Gasteiger partial charge in [-0.3, -0.25) is 4.79 Å². The van der Waals surface area contributed by atoms with Crippen molar-refractivity contribution in [1.29, 1.82) is 0 Å². The molecular weight excluding hydrogens is 414 g/mol. The average molecular weight is 432 g/mol. The van der Waals surface area contributed by atoms with Crippen LogP contribution in [0.5, 0.6) is 0 Å². The van der Waals surface area contributed by atoms with Gasteiger partial charge in [-0.05, 0) is 43.5 Å². The Labute approximate surface area is 170 Å². The number of hydrogen-bond acceptors (Lipinski definition) is 3. The van der Waals surface area contributed by atoms with E-state index in [1.807, 2.05) is 13.0 Å². The maximum atomic E-state index is 12.7. The van der Waals surface area contributed by atoms with Crippen molar-refractivity contribution in [3.63, 3.8) is 0 Å². The number of nitrogens with zero attached hydrogens (tertiary/aromatic N) is 2. The largest absolute Gasteiger partial charge is 0.417 e. The summed E-state index contributed by atoms with van der Waals surface area (Å²) in [5, 5.41) is 3.39. The van der Waals surface area contributed by atoms with Crippen molar-refractivity contribution in [2.24, 2.45) is 5.92 Å². The van der Waals surface area contributed by atoms with Crippen LogP contribution in [-0.4, -0.2) is 24.0 Å². The predicted molar refractivity (Wildman–Crippen MR) is 104 cm³/mol. The van der Waals surface area contributed by atoms with Crippen molar-refractivity contribution in [3.05, 3.63) is 51.6 Å². The molecule has 28 heavy (non-hydrogen) atoms. The molecule has 0 bridgehead atoms. The molecule has 0 unspecified atom stereocenters. The number of aromatic nitrogens is 1. The molecule has 1 fully saturated rings. The molecule has 1 aromatic heterocycles. The van der Waals surface area contributed by atoms with E-state index in [2.05, 4.69) is 10.3 Å². The van der Waals surface area contributed by atoms with Crippen LogP contribution in [0.25, 0.3) is 0 Å². The lowest BCUT2D eigenvalue weighted by Gasteiger charge is -2.32. The number of aryl methyl sites for hydroxylation is 1. The summed E-state index contributed by atoms with van der Waals surface area (Å²) in [6, 6.07) is 6.17. The zero-order valence-electron chi connectivity index (χ0n) is 15.0. The van der Waals surface area contributed by atoms with Gasteiger partial charge < -0.3 is 10.2 Å². The molecular formula is C19H18Cl2F3N3O.